The molecular weight excluding hydrogens is 270 g/mol. The standard InChI is InChI=1S/C20H21NO/c1-15-6-5-7-17(12-15)13-18-8-3-4-9-20(18)21-14-19-11-10-16(2)22-19/h3-12,21H,13-14H2,1-2H3. The van der Waals surface area contributed by atoms with Gasteiger partial charge in [-0.1, -0.05) is 48.0 Å². The third kappa shape index (κ3) is 3.59. The van der Waals surface area contributed by atoms with E-state index in [0.29, 0.717) is 6.54 Å². The van der Waals surface area contributed by atoms with Crippen molar-refractivity contribution in [2.24, 2.45) is 0 Å². The Morgan fingerprint density at radius 3 is 2.55 bits per heavy atom. The van der Waals surface area contributed by atoms with Gasteiger partial charge in [0.25, 0.3) is 0 Å². The summed E-state index contributed by atoms with van der Waals surface area (Å²) in [6.07, 6.45) is 0.933. The minimum absolute atomic E-state index is 0.707. The first kappa shape index (κ1) is 14.5. The van der Waals surface area contributed by atoms with Gasteiger partial charge in [0.15, 0.2) is 0 Å². The van der Waals surface area contributed by atoms with Crippen molar-refractivity contribution >= 4 is 5.69 Å². The van der Waals surface area contributed by atoms with Crippen molar-refractivity contribution in [1.82, 2.24) is 0 Å². The highest BCUT2D eigenvalue weighted by atomic mass is 16.3. The molecular formula is C20H21NO. The predicted octanol–water partition coefficient (Wildman–Crippen LogP) is 5.10. The molecule has 0 saturated heterocycles. The van der Waals surface area contributed by atoms with Crippen LogP contribution in [0.3, 0.4) is 0 Å². The molecule has 0 fully saturated rings. The van der Waals surface area contributed by atoms with E-state index in [-0.39, 0.29) is 0 Å². The Bertz CT molecular complexity index is 758. The molecule has 112 valence electrons. The molecule has 0 spiro atoms. The average Bonchev–Trinajstić information content (AvgIpc) is 2.92. The largest absolute Gasteiger partial charge is 0.465 e. The maximum atomic E-state index is 5.62. The number of benzene rings is 2. The molecule has 2 aromatic carbocycles. The highest BCUT2D eigenvalue weighted by molar-refractivity contribution is 5.53. The number of furan rings is 1. The van der Waals surface area contributed by atoms with Gasteiger partial charge >= 0.3 is 0 Å². The van der Waals surface area contributed by atoms with Crippen LogP contribution in [-0.4, -0.2) is 0 Å². The monoisotopic (exact) mass is 291 g/mol. The Balaban J connectivity index is 1.74. The zero-order valence-electron chi connectivity index (χ0n) is 13.1. The van der Waals surface area contributed by atoms with Gasteiger partial charge in [0.1, 0.15) is 11.5 Å². The van der Waals surface area contributed by atoms with Gasteiger partial charge in [0.2, 0.25) is 0 Å². The van der Waals surface area contributed by atoms with Crippen molar-refractivity contribution in [2.45, 2.75) is 26.8 Å². The Labute approximate surface area is 131 Å². The lowest BCUT2D eigenvalue weighted by Gasteiger charge is -2.11. The SMILES string of the molecule is Cc1cccc(Cc2ccccc2NCc2ccc(C)o2)c1. The number of nitrogens with one attached hydrogen (secondary N) is 1. The molecule has 22 heavy (non-hydrogen) atoms. The number of anilines is 1. The maximum Gasteiger partial charge on any atom is 0.123 e. The van der Waals surface area contributed by atoms with Crippen molar-refractivity contribution in [3.63, 3.8) is 0 Å². The van der Waals surface area contributed by atoms with Crippen LogP contribution in [0.1, 0.15) is 28.2 Å². The minimum Gasteiger partial charge on any atom is -0.465 e. The number of aryl methyl sites for hydroxylation is 2. The van der Waals surface area contributed by atoms with E-state index in [9.17, 15) is 0 Å². The molecule has 1 aromatic heterocycles. The molecule has 0 radical (unpaired) electrons. The summed E-state index contributed by atoms with van der Waals surface area (Å²) in [4.78, 5) is 0. The fraction of sp³-hybridized carbons (Fsp3) is 0.200. The van der Waals surface area contributed by atoms with Crippen molar-refractivity contribution < 1.29 is 4.42 Å². The van der Waals surface area contributed by atoms with E-state index in [4.69, 9.17) is 4.42 Å². The van der Waals surface area contributed by atoms with E-state index in [2.05, 4.69) is 60.8 Å². The minimum atomic E-state index is 0.707. The maximum absolute atomic E-state index is 5.62. The second kappa shape index (κ2) is 6.52. The molecule has 3 rings (SSSR count). The molecule has 0 saturated carbocycles. The molecule has 0 amide bonds. The molecule has 2 heteroatoms. The summed E-state index contributed by atoms with van der Waals surface area (Å²) in [6.45, 7) is 4.81. The molecule has 0 aliphatic heterocycles. The first-order valence-electron chi connectivity index (χ1n) is 7.63. The Hall–Kier alpha value is -2.48. The summed E-state index contributed by atoms with van der Waals surface area (Å²) in [5, 5.41) is 3.48. The highest BCUT2D eigenvalue weighted by Crippen LogP contribution is 2.20. The first-order valence-corrected chi connectivity index (χ1v) is 7.63. The number of hydrogen-bond donors (Lipinski definition) is 1. The van der Waals surface area contributed by atoms with Gasteiger partial charge in [-0.05, 0) is 49.6 Å². The topological polar surface area (TPSA) is 25.2 Å². The van der Waals surface area contributed by atoms with Crippen LogP contribution in [0, 0.1) is 13.8 Å². The van der Waals surface area contributed by atoms with Gasteiger partial charge in [-0.15, -0.1) is 0 Å². The zero-order valence-corrected chi connectivity index (χ0v) is 13.1. The summed E-state index contributed by atoms with van der Waals surface area (Å²) >= 11 is 0. The van der Waals surface area contributed by atoms with E-state index < -0.39 is 0 Å². The summed E-state index contributed by atoms with van der Waals surface area (Å²) < 4.78 is 5.62. The molecule has 0 bridgehead atoms. The van der Waals surface area contributed by atoms with E-state index >= 15 is 0 Å². The lowest BCUT2D eigenvalue weighted by atomic mass is 10.0. The molecule has 1 N–H and O–H groups in total. The van der Waals surface area contributed by atoms with Gasteiger partial charge in [-0.3, -0.25) is 0 Å². The van der Waals surface area contributed by atoms with E-state index in [1.807, 2.05) is 19.1 Å². The van der Waals surface area contributed by atoms with Gasteiger partial charge in [0, 0.05) is 5.69 Å². The van der Waals surface area contributed by atoms with Gasteiger partial charge in [0.05, 0.1) is 6.54 Å². The van der Waals surface area contributed by atoms with Crippen LogP contribution in [0.2, 0.25) is 0 Å². The smallest absolute Gasteiger partial charge is 0.123 e. The third-order valence-corrected chi connectivity index (χ3v) is 3.74. The van der Waals surface area contributed by atoms with E-state index in [0.717, 1.165) is 23.6 Å². The number of para-hydroxylation sites is 1. The summed E-state index contributed by atoms with van der Waals surface area (Å²) in [6, 6.07) is 21.1. The summed E-state index contributed by atoms with van der Waals surface area (Å²) in [7, 11) is 0. The quantitative estimate of drug-likeness (QED) is 0.707. The van der Waals surface area contributed by atoms with Gasteiger partial charge < -0.3 is 9.73 Å². The van der Waals surface area contributed by atoms with Crippen LogP contribution < -0.4 is 5.32 Å². The third-order valence-electron chi connectivity index (χ3n) is 3.74. The van der Waals surface area contributed by atoms with Crippen LogP contribution in [0.4, 0.5) is 5.69 Å². The molecule has 1 heterocycles. The average molecular weight is 291 g/mol. The van der Waals surface area contributed by atoms with Crippen molar-refractivity contribution in [1.29, 1.82) is 0 Å². The molecule has 3 aromatic rings. The van der Waals surface area contributed by atoms with Crippen LogP contribution >= 0.6 is 0 Å². The van der Waals surface area contributed by atoms with Crippen LogP contribution in [0.15, 0.2) is 65.1 Å². The molecule has 0 aliphatic rings. The van der Waals surface area contributed by atoms with Crippen molar-refractivity contribution in [3.8, 4) is 0 Å². The van der Waals surface area contributed by atoms with Crippen molar-refractivity contribution in [2.75, 3.05) is 5.32 Å². The molecule has 0 atom stereocenters. The highest BCUT2D eigenvalue weighted by Gasteiger charge is 2.05. The normalized spacial score (nSPS) is 10.6. The fourth-order valence-corrected chi connectivity index (χ4v) is 2.65. The lowest BCUT2D eigenvalue weighted by molar-refractivity contribution is 0.490. The Morgan fingerprint density at radius 1 is 0.909 bits per heavy atom. The fourth-order valence-electron chi connectivity index (χ4n) is 2.65. The van der Waals surface area contributed by atoms with Crippen LogP contribution in [0.25, 0.3) is 0 Å². The molecule has 0 unspecified atom stereocenters. The number of rotatable bonds is 5. The predicted molar refractivity (Wildman–Crippen MR) is 91.2 cm³/mol. The van der Waals surface area contributed by atoms with Crippen LogP contribution in [0.5, 0.6) is 0 Å². The zero-order chi connectivity index (χ0) is 15.4. The summed E-state index contributed by atoms with van der Waals surface area (Å²) in [5.74, 6) is 1.91. The lowest BCUT2D eigenvalue weighted by Crippen LogP contribution is -2.02. The second-order valence-corrected chi connectivity index (χ2v) is 5.69. The van der Waals surface area contributed by atoms with E-state index in [1.54, 1.807) is 0 Å². The molecule has 0 aliphatic carbocycles. The van der Waals surface area contributed by atoms with Crippen LogP contribution in [-0.2, 0) is 13.0 Å². The Morgan fingerprint density at radius 2 is 1.77 bits per heavy atom. The first-order chi connectivity index (χ1) is 10.7. The molecule has 2 nitrogen and oxygen atoms in total. The number of hydrogen-bond acceptors (Lipinski definition) is 2. The summed E-state index contributed by atoms with van der Waals surface area (Å²) in [5.41, 5.74) is 5.10. The van der Waals surface area contributed by atoms with Crippen molar-refractivity contribution in [3.05, 3.63) is 88.9 Å². The Kier molecular flexibility index (Phi) is 4.29. The second-order valence-electron chi connectivity index (χ2n) is 5.69. The van der Waals surface area contributed by atoms with E-state index in [1.165, 1.54) is 16.7 Å². The van der Waals surface area contributed by atoms with Gasteiger partial charge in [-0.25, -0.2) is 0 Å². The van der Waals surface area contributed by atoms with Gasteiger partial charge in [-0.2, -0.15) is 0 Å².